The molecule has 0 bridgehead atoms. The van der Waals surface area contributed by atoms with Crippen molar-refractivity contribution in [2.45, 2.75) is 31.8 Å². The maximum atomic E-state index is 12.4. The molecule has 3 rings (SSSR count). The number of nitrogens with two attached hydrogens (primary N) is 1. The van der Waals surface area contributed by atoms with Gasteiger partial charge in [-0.2, -0.15) is 0 Å². The van der Waals surface area contributed by atoms with Crippen LogP contribution in [0.3, 0.4) is 0 Å². The van der Waals surface area contributed by atoms with Crippen LogP contribution in [0, 0.1) is 0 Å². The standard InChI is InChI=1S/C21H24N2O6/c1-13(9-15-5-8-18-19(11-15)28-12-27-18)23(2)21(26)29-16-6-3-14(4-7-16)10-17(22)20(24)25/h3-8,11,13,17H,9-10,12,22H2,1-2H3,(H,24,25). The van der Waals surface area contributed by atoms with Crippen molar-refractivity contribution in [1.29, 1.82) is 0 Å². The van der Waals surface area contributed by atoms with E-state index in [0.29, 0.717) is 17.9 Å². The molecule has 0 fully saturated rings. The summed E-state index contributed by atoms with van der Waals surface area (Å²) in [5.41, 5.74) is 7.31. The highest BCUT2D eigenvalue weighted by Gasteiger charge is 2.20. The van der Waals surface area contributed by atoms with E-state index in [0.717, 1.165) is 16.9 Å². The molecule has 0 saturated carbocycles. The number of amides is 1. The van der Waals surface area contributed by atoms with E-state index < -0.39 is 18.1 Å². The van der Waals surface area contributed by atoms with Crippen LogP contribution in [0.2, 0.25) is 0 Å². The number of hydrogen-bond donors (Lipinski definition) is 2. The van der Waals surface area contributed by atoms with E-state index in [1.54, 1.807) is 31.3 Å². The van der Waals surface area contributed by atoms with Crippen molar-refractivity contribution < 1.29 is 28.9 Å². The van der Waals surface area contributed by atoms with Gasteiger partial charge in [0.05, 0.1) is 0 Å². The molecule has 2 atom stereocenters. The molecule has 0 saturated heterocycles. The minimum atomic E-state index is -1.06. The third kappa shape index (κ3) is 5.17. The summed E-state index contributed by atoms with van der Waals surface area (Å²) in [5.74, 6) is 0.757. The number of likely N-dealkylation sites (N-methyl/N-ethyl adjacent to an activating group) is 1. The summed E-state index contributed by atoms with van der Waals surface area (Å²) in [6, 6.07) is 11.3. The van der Waals surface area contributed by atoms with Gasteiger partial charge in [-0.3, -0.25) is 4.79 Å². The monoisotopic (exact) mass is 400 g/mol. The Labute approximate surface area is 168 Å². The van der Waals surface area contributed by atoms with E-state index in [4.69, 9.17) is 25.1 Å². The van der Waals surface area contributed by atoms with Crippen LogP contribution in [0.4, 0.5) is 4.79 Å². The molecule has 29 heavy (non-hydrogen) atoms. The molecule has 2 aromatic carbocycles. The number of nitrogens with zero attached hydrogens (tertiary/aromatic N) is 1. The number of ether oxygens (including phenoxy) is 3. The lowest BCUT2D eigenvalue weighted by Gasteiger charge is -2.24. The van der Waals surface area contributed by atoms with Crippen LogP contribution in [-0.2, 0) is 17.6 Å². The number of carboxylic acid groups (broad SMARTS) is 1. The van der Waals surface area contributed by atoms with Crippen molar-refractivity contribution in [1.82, 2.24) is 4.90 Å². The number of aliphatic carboxylic acids is 1. The lowest BCUT2D eigenvalue weighted by Crippen LogP contribution is -2.38. The largest absolute Gasteiger partial charge is 0.480 e. The molecule has 0 aromatic heterocycles. The molecule has 8 heteroatoms. The van der Waals surface area contributed by atoms with Crippen LogP contribution in [0.15, 0.2) is 42.5 Å². The number of carboxylic acids is 1. The summed E-state index contributed by atoms with van der Waals surface area (Å²) >= 11 is 0. The first-order chi connectivity index (χ1) is 13.8. The third-order valence-corrected chi connectivity index (χ3v) is 4.82. The van der Waals surface area contributed by atoms with Gasteiger partial charge in [-0.1, -0.05) is 18.2 Å². The summed E-state index contributed by atoms with van der Waals surface area (Å²) in [6.45, 7) is 2.16. The second kappa shape index (κ2) is 8.83. The molecule has 1 amide bonds. The Bertz CT molecular complexity index is 883. The van der Waals surface area contributed by atoms with Crippen LogP contribution in [0.5, 0.6) is 17.2 Å². The summed E-state index contributed by atoms with van der Waals surface area (Å²) in [5, 5.41) is 8.87. The van der Waals surface area contributed by atoms with Crippen molar-refractivity contribution in [2.24, 2.45) is 5.73 Å². The zero-order chi connectivity index (χ0) is 21.0. The van der Waals surface area contributed by atoms with E-state index >= 15 is 0 Å². The van der Waals surface area contributed by atoms with Gasteiger partial charge >= 0.3 is 12.1 Å². The number of fused-ring (bicyclic) bond motifs is 1. The fourth-order valence-electron chi connectivity index (χ4n) is 2.93. The maximum Gasteiger partial charge on any atom is 0.415 e. The molecule has 2 unspecified atom stereocenters. The second-order valence-electron chi connectivity index (χ2n) is 7.01. The summed E-state index contributed by atoms with van der Waals surface area (Å²) in [7, 11) is 1.68. The fourth-order valence-corrected chi connectivity index (χ4v) is 2.93. The average Bonchev–Trinajstić information content (AvgIpc) is 3.16. The molecule has 1 aliphatic rings. The van der Waals surface area contributed by atoms with E-state index in [1.807, 2.05) is 25.1 Å². The van der Waals surface area contributed by atoms with E-state index in [2.05, 4.69) is 0 Å². The van der Waals surface area contributed by atoms with Crippen LogP contribution < -0.4 is 19.9 Å². The maximum absolute atomic E-state index is 12.4. The molecule has 1 aliphatic heterocycles. The van der Waals surface area contributed by atoms with Crippen LogP contribution in [0.25, 0.3) is 0 Å². The lowest BCUT2D eigenvalue weighted by molar-refractivity contribution is -0.138. The van der Waals surface area contributed by atoms with Crippen LogP contribution in [-0.4, -0.2) is 48.0 Å². The number of hydrogen-bond acceptors (Lipinski definition) is 6. The van der Waals surface area contributed by atoms with Gasteiger partial charge in [-0.05, 0) is 55.2 Å². The van der Waals surface area contributed by atoms with Gasteiger partial charge in [-0.15, -0.1) is 0 Å². The Hall–Kier alpha value is -3.26. The van der Waals surface area contributed by atoms with Gasteiger partial charge in [0.2, 0.25) is 6.79 Å². The summed E-state index contributed by atoms with van der Waals surface area (Å²) in [4.78, 5) is 24.8. The van der Waals surface area contributed by atoms with Crippen molar-refractivity contribution in [3.05, 3.63) is 53.6 Å². The molecule has 0 aliphatic carbocycles. The zero-order valence-corrected chi connectivity index (χ0v) is 16.3. The van der Waals surface area contributed by atoms with E-state index in [1.165, 1.54) is 4.90 Å². The number of rotatable bonds is 7. The van der Waals surface area contributed by atoms with E-state index in [-0.39, 0.29) is 19.3 Å². The predicted molar refractivity (Wildman–Crippen MR) is 105 cm³/mol. The molecule has 1 heterocycles. The molecular formula is C21H24N2O6. The lowest BCUT2D eigenvalue weighted by atomic mass is 10.1. The van der Waals surface area contributed by atoms with Crippen LogP contribution in [0.1, 0.15) is 18.1 Å². The quantitative estimate of drug-likeness (QED) is 0.734. The highest BCUT2D eigenvalue weighted by atomic mass is 16.7. The van der Waals surface area contributed by atoms with Gasteiger partial charge in [0, 0.05) is 13.1 Å². The molecule has 2 aromatic rings. The van der Waals surface area contributed by atoms with Crippen molar-refractivity contribution in [3.8, 4) is 17.2 Å². The second-order valence-corrected chi connectivity index (χ2v) is 7.01. The van der Waals surface area contributed by atoms with Crippen molar-refractivity contribution >= 4 is 12.1 Å². The first-order valence-electron chi connectivity index (χ1n) is 9.24. The van der Waals surface area contributed by atoms with E-state index in [9.17, 15) is 9.59 Å². The first kappa shape index (κ1) is 20.5. The van der Waals surface area contributed by atoms with Gasteiger partial charge < -0.3 is 30.0 Å². The van der Waals surface area contributed by atoms with Gasteiger partial charge in [0.15, 0.2) is 11.5 Å². The van der Waals surface area contributed by atoms with Gasteiger partial charge in [-0.25, -0.2) is 4.79 Å². The highest BCUT2D eigenvalue weighted by molar-refractivity contribution is 5.73. The highest BCUT2D eigenvalue weighted by Crippen LogP contribution is 2.33. The van der Waals surface area contributed by atoms with Crippen molar-refractivity contribution in [2.75, 3.05) is 13.8 Å². The zero-order valence-electron chi connectivity index (χ0n) is 16.3. The molecule has 8 nitrogen and oxygen atoms in total. The number of carbonyl (C=O) groups is 2. The third-order valence-electron chi connectivity index (χ3n) is 4.82. The molecular weight excluding hydrogens is 376 g/mol. The van der Waals surface area contributed by atoms with Crippen molar-refractivity contribution in [3.63, 3.8) is 0 Å². The van der Waals surface area contributed by atoms with Gasteiger partial charge in [0.25, 0.3) is 0 Å². The Morgan fingerprint density at radius 1 is 1.10 bits per heavy atom. The predicted octanol–water partition coefficient (Wildman–Crippen LogP) is 2.43. The Morgan fingerprint density at radius 3 is 2.45 bits per heavy atom. The number of carbonyl (C=O) groups excluding carboxylic acids is 1. The molecule has 154 valence electrons. The smallest absolute Gasteiger partial charge is 0.415 e. The average molecular weight is 400 g/mol. The summed E-state index contributed by atoms with van der Waals surface area (Å²) < 4.78 is 16.1. The Balaban J connectivity index is 1.54. The SMILES string of the molecule is CC(Cc1ccc2c(c1)OCO2)N(C)C(=O)Oc1ccc(CC(N)C(=O)O)cc1. The minimum absolute atomic E-state index is 0.101. The molecule has 3 N–H and O–H groups in total. The summed E-state index contributed by atoms with van der Waals surface area (Å²) in [6.07, 6.45) is 0.359. The number of benzene rings is 2. The minimum Gasteiger partial charge on any atom is -0.480 e. The normalized spacial score (nSPS) is 14.2. The fraction of sp³-hybridized carbons (Fsp3) is 0.333. The first-order valence-corrected chi connectivity index (χ1v) is 9.24. The molecule has 0 spiro atoms. The molecule has 0 radical (unpaired) electrons. The van der Waals surface area contributed by atoms with Crippen LogP contribution >= 0.6 is 0 Å². The van der Waals surface area contributed by atoms with Gasteiger partial charge in [0.1, 0.15) is 11.8 Å². The Kier molecular flexibility index (Phi) is 6.23. The topological polar surface area (TPSA) is 111 Å². The Morgan fingerprint density at radius 2 is 1.76 bits per heavy atom.